The Balaban J connectivity index is 1.63. The second-order valence-corrected chi connectivity index (χ2v) is 7.68. The van der Waals surface area contributed by atoms with Crippen molar-refractivity contribution in [2.75, 3.05) is 18.4 Å². The molecule has 148 valence electrons. The first-order valence-electron chi connectivity index (χ1n) is 8.31. The second-order valence-electron chi connectivity index (χ2n) is 5.98. The SMILES string of the molecule is Cc1cc(C)n(-c2cc(NCCNS(=O)(=O)c3c(F)cccc3F)ncn2)n1. The molecular formula is C17H18F2N6O2S. The third-order valence-corrected chi connectivity index (χ3v) is 5.30. The van der Waals surface area contributed by atoms with Crippen LogP contribution in [0.25, 0.3) is 5.82 Å². The first-order valence-corrected chi connectivity index (χ1v) is 9.79. The van der Waals surface area contributed by atoms with Gasteiger partial charge < -0.3 is 5.32 Å². The number of sulfonamides is 1. The average Bonchev–Trinajstić information content (AvgIpc) is 2.97. The fourth-order valence-corrected chi connectivity index (χ4v) is 3.77. The topological polar surface area (TPSA) is 102 Å². The lowest BCUT2D eigenvalue weighted by molar-refractivity contribution is 0.514. The van der Waals surface area contributed by atoms with Crippen LogP contribution < -0.4 is 10.0 Å². The van der Waals surface area contributed by atoms with Gasteiger partial charge in [0.15, 0.2) is 10.7 Å². The molecule has 0 unspecified atom stereocenters. The molecule has 8 nitrogen and oxygen atoms in total. The van der Waals surface area contributed by atoms with Crippen molar-refractivity contribution in [3.05, 3.63) is 59.7 Å². The summed E-state index contributed by atoms with van der Waals surface area (Å²) in [6.45, 7) is 3.80. The van der Waals surface area contributed by atoms with E-state index in [0.29, 0.717) is 11.6 Å². The van der Waals surface area contributed by atoms with E-state index >= 15 is 0 Å². The summed E-state index contributed by atoms with van der Waals surface area (Å²) in [5.41, 5.74) is 1.75. The molecule has 0 saturated heterocycles. The maximum Gasteiger partial charge on any atom is 0.246 e. The third kappa shape index (κ3) is 4.31. The van der Waals surface area contributed by atoms with Gasteiger partial charge in [0.05, 0.1) is 5.69 Å². The molecule has 11 heteroatoms. The molecule has 2 aromatic heterocycles. The van der Waals surface area contributed by atoms with Crippen LogP contribution in [0.2, 0.25) is 0 Å². The predicted octanol–water partition coefficient (Wildman–Crippen LogP) is 1.95. The Labute approximate surface area is 160 Å². The minimum absolute atomic E-state index is 0.102. The van der Waals surface area contributed by atoms with Crippen LogP contribution in [0.5, 0.6) is 0 Å². The van der Waals surface area contributed by atoms with Crippen LogP contribution in [0.4, 0.5) is 14.6 Å². The van der Waals surface area contributed by atoms with Crippen molar-refractivity contribution in [1.82, 2.24) is 24.5 Å². The number of benzene rings is 1. The van der Waals surface area contributed by atoms with Crippen molar-refractivity contribution in [3.63, 3.8) is 0 Å². The van der Waals surface area contributed by atoms with E-state index in [4.69, 9.17) is 0 Å². The summed E-state index contributed by atoms with van der Waals surface area (Å²) in [6.07, 6.45) is 1.35. The maximum atomic E-state index is 13.7. The van der Waals surface area contributed by atoms with Gasteiger partial charge in [0, 0.05) is 24.8 Å². The lowest BCUT2D eigenvalue weighted by atomic mass is 10.3. The Morgan fingerprint density at radius 3 is 2.43 bits per heavy atom. The van der Waals surface area contributed by atoms with Gasteiger partial charge in [0.25, 0.3) is 0 Å². The van der Waals surface area contributed by atoms with E-state index in [9.17, 15) is 17.2 Å². The summed E-state index contributed by atoms with van der Waals surface area (Å²) in [6, 6.07) is 6.44. The number of hydrogen-bond acceptors (Lipinski definition) is 6. The zero-order valence-corrected chi connectivity index (χ0v) is 16.0. The second kappa shape index (κ2) is 7.98. The van der Waals surface area contributed by atoms with Gasteiger partial charge in [0.2, 0.25) is 10.0 Å². The first kappa shape index (κ1) is 19.8. The van der Waals surface area contributed by atoms with Crippen LogP contribution in [-0.2, 0) is 10.0 Å². The molecule has 2 N–H and O–H groups in total. The van der Waals surface area contributed by atoms with E-state index < -0.39 is 26.6 Å². The van der Waals surface area contributed by atoms with Crippen LogP contribution in [0.15, 0.2) is 41.6 Å². The summed E-state index contributed by atoms with van der Waals surface area (Å²) in [7, 11) is -4.32. The molecule has 0 spiro atoms. The number of nitrogens with one attached hydrogen (secondary N) is 2. The molecule has 1 aromatic carbocycles. The zero-order chi connectivity index (χ0) is 20.3. The highest BCUT2D eigenvalue weighted by Crippen LogP contribution is 2.17. The Hall–Kier alpha value is -2.92. The van der Waals surface area contributed by atoms with Gasteiger partial charge in [-0.3, -0.25) is 0 Å². The highest BCUT2D eigenvalue weighted by molar-refractivity contribution is 7.89. The third-order valence-electron chi connectivity index (χ3n) is 3.79. The molecule has 0 saturated carbocycles. The molecule has 28 heavy (non-hydrogen) atoms. The molecular weight excluding hydrogens is 390 g/mol. The van der Waals surface area contributed by atoms with Crippen molar-refractivity contribution in [1.29, 1.82) is 0 Å². The largest absolute Gasteiger partial charge is 0.369 e. The number of aromatic nitrogens is 4. The molecule has 3 aromatic rings. The van der Waals surface area contributed by atoms with E-state index in [-0.39, 0.29) is 13.1 Å². The number of halogens is 2. The van der Waals surface area contributed by atoms with Crippen molar-refractivity contribution in [3.8, 4) is 5.82 Å². The van der Waals surface area contributed by atoms with Gasteiger partial charge in [-0.25, -0.2) is 36.6 Å². The summed E-state index contributed by atoms with van der Waals surface area (Å²) in [5.74, 6) is -1.29. The van der Waals surface area contributed by atoms with E-state index in [1.807, 2.05) is 19.9 Å². The molecule has 0 radical (unpaired) electrons. The van der Waals surface area contributed by atoms with Gasteiger partial charge in [-0.05, 0) is 32.0 Å². The standard InChI is InChI=1S/C17H18F2N6O2S/c1-11-8-12(2)25(24-11)16-9-15(21-10-22-16)20-6-7-23-28(26,27)17-13(18)4-3-5-14(17)19/h3-5,8-10,23H,6-7H2,1-2H3,(H,20,21,22). The highest BCUT2D eigenvalue weighted by atomic mass is 32.2. The Morgan fingerprint density at radius 1 is 1.07 bits per heavy atom. The first-order chi connectivity index (χ1) is 13.3. The smallest absolute Gasteiger partial charge is 0.246 e. The molecule has 0 fully saturated rings. The van der Waals surface area contributed by atoms with Gasteiger partial charge in [-0.2, -0.15) is 5.10 Å². The molecule has 0 aliphatic carbocycles. The number of anilines is 1. The molecule has 0 amide bonds. The summed E-state index contributed by atoms with van der Waals surface area (Å²) in [5, 5.41) is 7.26. The lowest BCUT2D eigenvalue weighted by Crippen LogP contribution is -2.30. The Bertz CT molecular complexity index is 1080. The Morgan fingerprint density at radius 2 is 1.79 bits per heavy atom. The Kier molecular flexibility index (Phi) is 5.66. The number of nitrogens with zero attached hydrogens (tertiary/aromatic N) is 4. The zero-order valence-electron chi connectivity index (χ0n) is 15.1. The van der Waals surface area contributed by atoms with E-state index in [1.165, 1.54) is 6.33 Å². The molecule has 0 aliphatic heterocycles. The van der Waals surface area contributed by atoms with Crippen molar-refractivity contribution in [2.45, 2.75) is 18.7 Å². The fourth-order valence-electron chi connectivity index (χ4n) is 2.61. The van der Waals surface area contributed by atoms with Crippen LogP contribution in [0.1, 0.15) is 11.4 Å². The quantitative estimate of drug-likeness (QED) is 0.580. The van der Waals surface area contributed by atoms with Gasteiger partial charge >= 0.3 is 0 Å². The molecule has 0 bridgehead atoms. The monoisotopic (exact) mass is 408 g/mol. The summed E-state index contributed by atoms with van der Waals surface area (Å²) < 4.78 is 55.3. The van der Waals surface area contributed by atoms with Crippen LogP contribution in [0.3, 0.4) is 0 Å². The molecule has 2 heterocycles. The van der Waals surface area contributed by atoms with Crippen LogP contribution in [0, 0.1) is 25.5 Å². The molecule has 3 rings (SSSR count). The van der Waals surface area contributed by atoms with Gasteiger partial charge in [0.1, 0.15) is 23.8 Å². The van der Waals surface area contributed by atoms with Crippen molar-refractivity contribution >= 4 is 15.8 Å². The summed E-state index contributed by atoms with van der Waals surface area (Å²) >= 11 is 0. The number of hydrogen-bond donors (Lipinski definition) is 2. The van der Waals surface area contributed by atoms with E-state index in [0.717, 1.165) is 29.6 Å². The van der Waals surface area contributed by atoms with Crippen LogP contribution in [-0.4, -0.2) is 41.3 Å². The molecule has 0 aliphatic rings. The fraction of sp³-hybridized carbons (Fsp3) is 0.235. The van der Waals surface area contributed by atoms with Gasteiger partial charge in [-0.1, -0.05) is 6.07 Å². The van der Waals surface area contributed by atoms with Crippen LogP contribution >= 0.6 is 0 Å². The van der Waals surface area contributed by atoms with E-state index in [2.05, 4.69) is 25.1 Å². The average molecular weight is 408 g/mol. The lowest BCUT2D eigenvalue weighted by Gasteiger charge is -2.10. The van der Waals surface area contributed by atoms with Crippen molar-refractivity contribution in [2.24, 2.45) is 0 Å². The minimum Gasteiger partial charge on any atom is -0.369 e. The normalized spacial score (nSPS) is 11.6. The number of aryl methyl sites for hydroxylation is 2. The minimum atomic E-state index is -4.32. The van der Waals surface area contributed by atoms with Crippen molar-refractivity contribution < 1.29 is 17.2 Å². The molecule has 0 atom stereocenters. The predicted molar refractivity (Wildman–Crippen MR) is 98.7 cm³/mol. The summed E-state index contributed by atoms with van der Waals surface area (Å²) in [4.78, 5) is 7.23. The van der Waals surface area contributed by atoms with E-state index in [1.54, 1.807) is 10.7 Å². The highest BCUT2D eigenvalue weighted by Gasteiger charge is 2.23. The number of rotatable bonds is 7. The van der Waals surface area contributed by atoms with Gasteiger partial charge in [-0.15, -0.1) is 0 Å². The maximum absolute atomic E-state index is 13.7.